The van der Waals surface area contributed by atoms with Crippen LogP contribution in [0.25, 0.3) is 0 Å². The topological polar surface area (TPSA) is 96.5 Å². The van der Waals surface area contributed by atoms with Gasteiger partial charge in [0.05, 0.1) is 17.4 Å². The molecule has 2 amide bonds. The van der Waals surface area contributed by atoms with Gasteiger partial charge in [-0.25, -0.2) is 14.8 Å². The molecule has 1 atom stereocenters. The van der Waals surface area contributed by atoms with E-state index in [0.29, 0.717) is 35.3 Å². The second-order valence-corrected chi connectivity index (χ2v) is 8.25. The molecule has 1 aromatic carbocycles. The van der Waals surface area contributed by atoms with Crippen molar-refractivity contribution < 1.29 is 14.3 Å². The van der Waals surface area contributed by atoms with E-state index in [0.717, 1.165) is 6.42 Å². The molecule has 0 bridgehead atoms. The minimum Gasteiger partial charge on any atom is -0.444 e. The summed E-state index contributed by atoms with van der Waals surface area (Å²) in [5, 5.41) is 6.35. The molecule has 29 heavy (non-hydrogen) atoms. The highest BCUT2D eigenvalue weighted by atomic mass is 35.5. The average Bonchev–Trinajstić information content (AvgIpc) is 3.10. The molecule has 3 rings (SSSR count). The van der Waals surface area contributed by atoms with Crippen LogP contribution in [0, 0.1) is 0 Å². The van der Waals surface area contributed by atoms with E-state index >= 15 is 0 Å². The minimum absolute atomic E-state index is 0.0601. The number of carbonyl (C=O) groups excluding carboxylic acids is 2. The number of aromatic nitrogens is 2. The van der Waals surface area contributed by atoms with Crippen molar-refractivity contribution in [2.45, 2.75) is 38.8 Å². The number of nitrogens with zero attached hydrogens (tertiary/aromatic N) is 3. The first-order valence-electron chi connectivity index (χ1n) is 9.33. The molecule has 0 spiro atoms. The SMILES string of the molecule is CC(C)(C)OC(=O)Nc1ccc(C(=O)N2CCC(Nc3ncc(Cl)cn3)C2)cc1. The van der Waals surface area contributed by atoms with Gasteiger partial charge in [-0.3, -0.25) is 10.1 Å². The Morgan fingerprint density at radius 2 is 1.83 bits per heavy atom. The monoisotopic (exact) mass is 417 g/mol. The fourth-order valence-corrected chi connectivity index (χ4v) is 3.03. The van der Waals surface area contributed by atoms with Crippen LogP contribution < -0.4 is 10.6 Å². The van der Waals surface area contributed by atoms with Gasteiger partial charge in [-0.05, 0) is 51.5 Å². The van der Waals surface area contributed by atoms with Gasteiger partial charge in [-0.2, -0.15) is 0 Å². The first-order valence-corrected chi connectivity index (χ1v) is 9.71. The standard InChI is InChI=1S/C20H24ClN5O3/c1-20(2,3)29-19(28)25-15-6-4-13(5-7-15)17(27)26-9-8-16(12-26)24-18-22-10-14(21)11-23-18/h4-7,10-11,16H,8-9,12H2,1-3H3,(H,25,28)(H,22,23,24). The summed E-state index contributed by atoms with van der Waals surface area (Å²) in [6, 6.07) is 6.83. The molecule has 8 nitrogen and oxygen atoms in total. The smallest absolute Gasteiger partial charge is 0.412 e. The lowest BCUT2D eigenvalue weighted by Gasteiger charge is -2.20. The quantitative estimate of drug-likeness (QED) is 0.785. The van der Waals surface area contributed by atoms with Crippen molar-refractivity contribution in [1.82, 2.24) is 14.9 Å². The molecular formula is C20H24ClN5O3. The van der Waals surface area contributed by atoms with Crippen LogP contribution in [-0.2, 0) is 4.74 Å². The summed E-state index contributed by atoms with van der Waals surface area (Å²) in [6.07, 6.45) is 3.33. The summed E-state index contributed by atoms with van der Waals surface area (Å²) in [5.41, 5.74) is 0.553. The Kier molecular flexibility index (Phi) is 6.22. The van der Waals surface area contributed by atoms with Gasteiger partial charge in [-0.15, -0.1) is 0 Å². The molecule has 1 unspecified atom stereocenters. The van der Waals surface area contributed by atoms with Gasteiger partial charge >= 0.3 is 6.09 Å². The van der Waals surface area contributed by atoms with E-state index in [-0.39, 0.29) is 11.9 Å². The Bertz CT molecular complexity index is 865. The van der Waals surface area contributed by atoms with Crippen molar-refractivity contribution in [2.75, 3.05) is 23.7 Å². The molecule has 0 radical (unpaired) electrons. The van der Waals surface area contributed by atoms with Crippen molar-refractivity contribution >= 4 is 35.2 Å². The number of benzene rings is 1. The van der Waals surface area contributed by atoms with Gasteiger partial charge in [-0.1, -0.05) is 11.6 Å². The molecule has 0 aliphatic carbocycles. The second-order valence-electron chi connectivity index (χ2n) is 7.81. The number of anilines is 2. The van der Waals surface area contributed by atoms with E-state index in [4.69, 9.17) is 16.3 Å². The molecule has 2 heterocycles. The van der Waals surface area contributed by atoms with E-state index in [1.54, 1.807) is 49.9 Å². The van der Waals surface area contributed by atoms with Crippen LogP contribution in [-0.4, -0.2) is 51.6 Å². The third-order valence-corrected chi connectivity index (χ3v) is 4.40. The van der Waals surface area contributed by atoms with Gasteiger partial charge in [0, 0.05) is 30.4 Å². The van der Waals surface area contributed by atoms with E-state index < -0.39 is 11.7 Å². The molecule has 9 heteroatoms. The molecule has 1 saturated heterocycles. The lowest BCUT2D eigenvalue weighted by molar-refractivity contribution is 0.0635. The van der Waals surface area contributed by atoms with Gasteiger partial charge in [0.1, 0.15) is 5.60 Å². The summed E-state index contributed by atoms with van der Waals surface area (Å²) in [5.74, 6) is 0.432. The molecule has 1 aromatic heterocycles. The summed E-state index contributed by atoms with van der Waals surface area (Å²) < 4.78 is 5.22. The van der Waals surface area contributed by atoms with Crippen molar-refractivity contribution in [3.8, 4) is 0 Å². The van der Waals surface area contributed by atoms with Crippen LogP contribution in [0.3, 0.4) is 0 Å². The van der Waals surface area contributed by atoms with Gasteiger partial charge in [0.15, 0.2) is 0 Å². The molecule has 1 aliphatic rings. The average molecular weight is 418 g/mol. The molecule has 154 valence electrons. The highest BCUT2D eigenvalue weighted by Crippen LogP contribution is 2.19. The number of hydrogen-bond acceptors (Lipinski definition) is 6. The lowest BCUT2D eigenvalue weighted by atomic mass is 10.2. The zero-order valence-electron chi connectivity index (χ0n) is 16.6. The number of rotatable bonds is 4. The minimum atomic E-state index is -0.572. The third-order valence-electron chi connectivity index (χ3n) is 4.21. The third kappa shape index (κ3) is 6.05. The normalized spacial score (nSPS) is 16.4. The number of halogens is 1. The van der Waals surface area contributed by atoms with Crippen LogP contribution >= 0.6 is 11.6 Å². The second kappa shape index (κ2) is 8.65. The molecule has 0 saturated carbocycles. The van der Waals surface area contributed by atoms with E-state index in [2.05, 4.69) is 20.6 Å². The van der Waals surface area contributed by atoms with Crippen LogP contribution in [0.5, 0.6) is 0 Å². The molecule has 2 N–H and O–H groups in total. The van der Waals surface area contributed by atoms with E-state index in [1.807, 2.05) is 0 Å². The summed E-state index contributed by atoms with van der Waals surface area (Å²) in [7, 11) is 0. The van der Waals surface area contributed by atoms with E-state index in [1.165, 1.54) is 12.4 Å². The molecule has 2 aromatic rings. The first kappa shape index (κ1) is 20.9. The zero-order valence-corrected chi connectivity index (χ0v) is 17.4. The Morgan fingerprint density at radius 1 is 1.17 bits per heavy atom. The van der Waals surface area contributed by atoms with E-state index in [9.17, 15) is 9.59 Å². The maximum Gasteiger partial charge on any atom is 0.412 e. The van der Waals surface area contributed by atoms with Crippen molar-refractivity contribution in [1.29, 1.82) is 0 Å². The largest absolute Gasteiger partial charge is 0.444 e. The van der Waals surface area contributed by atoms with Crippen LogP contribution in [0.1, 0.15) is 37.6 Å². The predicted octanol–water partition coefficient (Wildman–Crippen LogP) is 3.80. The van der Waals surface area contributed by atoms with Crippen molar-refractivity contribution in [2.24, 2.45) is 0 Å². The fourth-order valence-electron chi connectivity index (χ4n) is 2.93. The predicted molar refractivity (Wildman–Crippen MR) is 111 cm³/mol. The van der Waals surface area contributed by atoms with Crippen LogP contribution in [0.4, 0.5) is 16.4 Å². The number of amides is 2. The van der Waals surface area contributed by atoms with Gasteiger partial charge in [0.25, 0.3) is 5.91 Å². The van der Waals surface area contributed by atoms with Crippen molar-refractivity contribution in [3.05, 3.63) is 47.2 Å². The first-order chi connectivity index (χ1) is 13.7. The summed E-state index contributed by atoms with van der Waals surface area (Å²) >= 11 is 5.79. The van der Waals surface area contributed by atoms with Crippen LogP contribution in [0.2, 0.25) is 5.02 Å². The highest BCUT2D eigenvalue weighted by Gasteiger charge is 2.27. The number of likely N-dealkylation sites (tertiary alicyclic amines) is 1. The Balaban J connectivity index is 1.54. The number of hydrogen-bond donors (Lipinski definition) is 2. The maximum atomic E-state index is 12.7. The van der Waals surface area contributed by atoms with Crippen molar-refractivity contribution in [3.63, 3.8) is 0 Å². The van der Waals surface area contributed by atoms with Gasteiger partial charge < -0.3 is 15.0 Å². The summed E-state index contributed by atoms with van der Waals surface area (Å²) in [4.78, 5) is 34.6. The Morgan fingerprint density at radius 3 is 2.45 bits per heavy atom. The molecular weight excluding hydrogens is 394 g/mol. The fraction of sp³-hybridized carbons (Fsp3) is 0.400. The summed E-state index contributed by atoms with van der Waals surface area (Å²) in [6.45, 7) is 6.59. The number of carbonyl (C=O) groups is 2. The maximum absolute atomic E-state index is 12.7. The number of nitrogens with one attached hydrogen (secondary N) is 2. The lowest BCUT2D eigenvalue weighted by Crippen LogP contribution is -2.31. The van der Waals surface area contributed by atoms with Crippen LogP contribution in [0.15, 0.2) is 36.7 Å². The van der Waals surface area contributed by atoms with Gasteiger partial charge in [0.2, 0.25) is 5.95 Å². The molecule has 1 aliphatic heterocycles. The number of ether oxygens (including phenoxy) is 1. The zero-order chi connectivity index (χ0) is 21.0. The Hall–Kier alpha value is -2.87. The highest BCUT2D eigenvalue weighted by molar-refractivity contribution is 6.30. The molecule has 1 fully saturated rings. The Labute approximate surface area is 174 Å².